The van der Waals surface area contributed by atoms with Gasteiger partial charge in [-0.2, -0.15) is 0 Å². The standard InChI is InChI=1S/C66H76N3O.Pt/c1-61(2,3)45-27-28-51(41-24-20-19-21-25-41)52(38-45)43-33-53(42-30-44(56-26-22-23-29-67-56)32-46(31-42)62(4,5)6)58-57(34-43)69(50-36-47(63(7,8)9)35-48(37-50)64(10,11)12)60(68-58)54-39-49(65(13,14)15)40-55(59(54)70)66(16,17)18;/h19-29,31-40,70H,1-18H3;/q-1;. The van der Waals surface area contributed by atoms with Crippen molar-refractivity contribution in [2.45, 2.75) is 157 Å². The third-order valence-electron chi connectivity index (χ3n) is 13.9. The van der Waals surface area contributed by atoms with Gasteiger partial charge in [0.25, 0.3) is 0 Å². The van der Waals surface area contributed by atoms with Gasteiger partial charge in [-0.15, -0.1) is 29.3 Å². The number of rotatable bonds is 6. The molecule has 71 heavy (non-hydrogen) atoms. The summed E-state index contributed by atoms with van der Waals surface area (Å²) in [7, 11) is 0. The summed E-state index contributed by atoms with van der Waals surface area (Å²) >= 11 is 0. The van der Waals surface area contributed by atoms with Gasteiger partial charge in [0, 0.05) is 44.2 Å². The Morgan fingerprint density at radius 1 is 0.437 bits per heavy atom. The first-order chi connectivity index (χ1) is 32.4. The maximum absolute atomic E-state index is 12.8. The second-order valence-corrected chi connectivity index (χ2v) is 25.9. The fourth-order valence-electron chi connectivity index (χ4n) is 9.32. The van der Waals surface area contributed by atoms with Gasteiger partial charge in [0.15, 0.2) is 0 Å². The molecule has 0 fully saturated rings. The Kier molecular flexibility index (Phi) is 14.1. The molecular weight excluding hydrogens is 1050 g/mol. The molecule has 0 atom stereocenters. The van der Waals surface area contributed by atoms with Crippen LogP contribution in [-0.2, 0) is 53.6 Å². The molecule has 2 aromatic heterocycles. The zero-order valence-corrected chi connectivity index (χ0v) is 48.0. The summed E-state index contributed by atoms with van der Waals surface area (Å²) in [6.07, 6.45) is 1.86. The first kappa shape index (κ1) is 53.2. The van der Waals surface area contributed by atoms with Crippen molar-refractivity contribution in [2.75, 3.05) is 0 Å². The molecule has 5 heteroatoms. The first-order valence-electron chi connectivity index (χ1n) is 25.2. The number of phenolic OH excluding ortho intramolecular Hbond substituents is 1. The minimum Gasteiger partial charge on any atom is -0.507 e. The first-order valence-corrected chi connectivity index (χ1v) is 25.2. The van der Waals surface area contributed by atoms with E-state index in [4.69, 9.17) is 9.97 Å². The molecule has 0 saturated heterocycles. The van der Waals surface area contributed by atoms with Gasteiger partial charge in [-0.25, -0.2) is 4.98 Å². The van der Waals surface area contributed by atoms with Gasteiger partial charge < -0.3 is 5.11 Å². The van der Waals surface area contributed by atoms with Gasteiger partial charge in [0.1, 0.15) is 11.6 Å². The number of hydrogen-bond acceptors (Lipinski definition) is 3. The van der Waals surface area contributed by atoms with Crippen molar-refractivity contribution in [3.63, 3.8) is 0 Å². The fraction of sp³-hybridized carbons (Fsp3) is 0.364. The van der Waals surface area contributed by atoms with Crippen LogP contribution in [0.5, 0.6) is 5.75 Å². The number of nitrogens with zero attached hydrogens (tertiary/aromatic N) is 3. The van der Waals surface area contributed by atoms with E-state index in [0.717, 1.165) is 72.5 Å². The van der Waals surface area contributed by atoms with Crippen LogP contribution in [0, 0.1) is 6.07 Å². The van der Waals surface area contributed by atoms with Crippen LogP contribution < -0.4 is 0 Å². The van der Waals surface area contributed by atoms with E-state index in [1.165, 1.54) is 22.3 Å². The van der Waals surface area contributed by atoms with Crippen molar-refractivity contribution in [1.82, 2.24) is 14.5 Å². The summed E-state index contributed by atoms with van der Waals surface area (Å²) in [6, 6.07) is 48.4. The Labute approximate surface area is 440 Å². The molecule has 1 N–H and O–H groups in total. The van der Waals surface area contributed by atoms with Gasteiger partial charge >= 0.3 is 0 Å². The Bertz CT molecular complexity index is 3210. The molecule has 0 unspecified atom stereocenters. The van der Waals surface area contributed by atoms with E-state index in [-0.39, 0.29) is 59.3 Å². The van der Waals surface area contributed by atoms with E-state index >= 15 is 0 Å². The molecule has 0 aliphatic rings. The number of imidazole rings is 1. The number of pyridine rings is 1. The zero-order valence-electron chi connectivity index (χ0n) is 45.7. The number of benzene rings is 6. The van der Waals surface area contributed by atoms with Crippen LogP contribution >= 0.6 is 0 Å². The quantitative estimate of drug-likeness (QED) is 0.169. The van der Waals surface area contributed by atoms with Gasteiger partial charge in [-0.3, -0.25) is 9.55 Å². The smallest absolute Gasteiger partial charge is 0.148 e. The summed E-state index contributed by atoms with van der Waals surface area (Å²) in [4.78, 5) is 10.7. The van der Waals surface area contributed by atoms with E-state index < -0.39 is 0 Å². The molecule has 8 rings (SSSR count). The van der Waals surface area contributed by atoms with Crippen LogP contribution in [0.15, 0.2) is 128 Å². The van der Waals surface area contributed by atoms with Gasteiger partial charge in [-0.05, 0) is 107 Å². The normalized spacial score (nSPS) is 12.9. The van der Waals surface area contributed by atoms with Crippen LogP contribution in [-0.4, -0.2) is 19.6 Å². The summed E-state index contributed by atoms with van der Waals surface area (Å²) in [6.45, 7) is 40.7. The van der Waals surface area contributed by atoms with Crippen LogP contribution in [0.2, 0.25) is 0 Å². The Hall–Kier alpha value is -5.57. The van der Waals surface area contributed by atoms with Crippen molar-refractivity contribution in [2.24, 2.45) is 0 Å². The van der Waals surface area contributed by atoms with Gasteiger partial charge in [0.05, 0.1) is 16.6 Å². The van der Waals surface area contributed by atoms with Crippen LogP contribution in [0.25, 0.3) is 72.7 Å². The number of phenols is 1. The van der Waals surface area contributed by atoms with E-state index in [9.17, 15) is 5.11 Å². The van der Waals surface area contributed by atoms with Gasteiger partial charge in [-0.1, -0.05) is 215 Å². The van der Waals surface area contributed by atoms with Crippen LogP contribution in [0.3, 0.4) is 0 Å². The Morgan fingerprint density at radius 2 is 0.972 bits per heavy atom. The van der Waals surface area contributed by atoms with Crippen molar-refractivity contribution in [3.8, 4) is 67.5 Å². The summed E-state index contributed by atoms with van der Waals surface area (Å²) < 4.78 is 2.35. The van der Waals surface area contributed by atoms with E-state index in [1.54, 1.807) is 0 Å². The maximum atomic E-state index is 12.8. The molecule has 4 nitrogen and oxygen atoms in total. The number of aromatic hydroxyl groups is 1. The molecule has 0 bridgehead atoms. The zero-order chi connectivity index (χ0) is 51.1. The molecular formula is C66H76N3OPt-. The predicted molar refractivity (Wildman–Crippen MR) is 299 cm³/mol. The molecule has 8 aromatic rings. The third-order valence-corrected chi connectivity index (χ3v) is 13.9. The van der Waals surface area contributed by atoms with Gasteiger partial charge in [0.2, 0.25) is 0 Å². The minimum atomic E-state index is -0.350. The molecule has 0 saturated carbocycles. The number of hydrogen-bond donors (Lipinski definition) is 1. The summed E-state index contributed by atoms with van der Waals surface area (Å²) in [5.41, 5.74) is 17.5. The topological polar surface area (TPSA) is 50.9 Å². The molecule has 0 spiro atoms. The predicted octanol–water partition coefficient (Wildman–Crippen LogP) is 18.0. The number of fused-ring (bicyclic) bond motifs is 1. The van der Waals surface area contributed by atoms with Crippen molar-refractivity contribution < 1.29 is 26.2 Å². The monoisotopic (exact) mass is 1120 g/mol. The molecule has 372 valence electrons. The van der Waals surface area contributed by atoms with E-state index in [0.29, 0.717) is 11.4 Å². The van der Waals surface area contributed by atoms with Crippen LogP contribution in [0.4, 0.5) is 0 Å². The Balaban J connectivity index is 0.00000741. The fourth-order valence-corrected chi connectivity index (χ4v) is 9.32. The molecule has 2 heterocycles. The molecule has 0 aliphatic heterocycles. The maximum Gasteiger partial charge on any atom is 0.148 e. The number of aromatic nitrogens is 3. The van der Waals surface area contributed by atoms with Crippen molar-refractivity contribution in [3.05, 3.63) is 167 Å². The largest absolute Gasteiger partial charge is 0.507 e. The van der Waals surface area contributed by atoms with E-state index in [2.05, 4.69) is 244 Å². The van der Waals surface area contributed by atoms with Crippen molar-refractivity contribution >= 4 is 11.0 Å². The Morgan fingerprint density at radius 3 is 1.52 bits per heavy atom. The average molecular weight is 1120 g/mol. The minimum absolute atomic E-state index is 0. The van der Waals surface area contributed by atoms with E-state index in [1.807, 2.05) is 18.3 Å². The molecule has 0 radical (unpaired) electrons. The molecule has 0 aliphatic carbocycles. The summed E-state index contributed by atoms with van der Waals surface area (Å²) in [5.74, 6) is 0.946. The molecule has 6 aromatic carbocycles. The third kappa shape index (κ3) is 11.0. The summed E-state index contributed by atoms with van der Waals surface area (Å²) in [5, 5.41) is 12.8. The average Bonchev–Trinajstić information content (AvgIpc) is 3.66. The second kappa shape index (κ2) is 18.8. The van der Waals surface area contributed by atoms with Crippen molar-refractivity contribution in [1.29, 1.82) is 0 Å². The molecule has 0 amide bonds. The SMILES string of the molecule is CC(C)(C)c1cc(-c2ccccn2)[c-]c(-c2cc(-c3cc(C(C)(C)C)ccc3-c3ccccc3)cc3c2nc(-c2cc(C(C)(C)C)cc(C(C)(C)C)c2O)n3-c2cc(C(C)(C)C)cc(C(C)(C)C)c2)c1.[Pt]. The second-order valence-electron chi connectivity index (χ2n) is 25.9. The van der Waals surface area contributed by atoms with Crippen LogP contribution in [0.1, 0.15) is 158 Å².